The Morgan fingerprint density at radius 1 is 1.14 bits per heavy atom. The number of hydrogen-bond donors (Lipinski definition) is 1. The summed E-state index contributed by atoms with van der Waals surface area (Å²) in [7, 11) is 0. The summed E-state index contributed by atoms with van der Waals surface area (Å²) in [6, 6.07) is 10.6. The number of carbonyl (C=O) groups is 1. The molecule has 2 aromatic heterocycles. The maximum Gasteiger partial charge on any atom is 0.259 e. The van der Waals surface area contributed by atoms with E-state index in [2.05, 4.69) is 39.4 Å². The van der Waals surface area contributed by atoms with E-state index in [-0.39, 0.29) is 11.9 Å². The molecule has 0 spiro atoms. The molecular weight excluding hydrogens is 352 g/mol. The first kappa shape index (κ1) is 17.4. The predicted octanol–water partition coefficient (Wildman–Crippen LogP) is 3.47. The van der Waals surface area contributed by atoms with Gasteiger partial charge in [0.1, 0.15) is 0 Å². The summed E-state index contributed by atoms with van der Waals surface area (Å²) in [6.07, 6.45) is 3.15. The second-order valence-electron chi connectivity index (χ2n) is 7.96. The number of aryl methyl sites for hydroxylation is 2. The molecule has 144 valence electrons. The van der Waals surface area contributed by atoms with E-state index in [0.717, 1.165) is 49.0 Å². The van der Waals surface area contributed by atoms with Crippen molar-refractivity contribution in [2.24, 2.45) is 0 Å². The molecule has 2 atom stereocenters. The molecule has 1 aromatic carbocycles. The van der Waals surface area contributed by atoms with E-state index < -0.39 is 0 Å². The van der Waals surface area contributed by atoms with E-state index in [0.29, 0.717) is 23.0 Å². The summed E-state index contributed by atoms with van der Waals surface area (Å²) in [6.45, 7) is 5.76. The van der Waals surface area contributed by atoms with Crippen molar-refractivity contribution < 1.29 is 9.32 Å². The Hall–Kier alpha value is -2.73. The van der Waals surface area contributed by atoms with Crippen molar-refractivity contribution in [2.75, 3.05) is 13.1 Å². The molecule has 2 unspecified atom stereocenters. The van der Waals surface area contributed by atoms with Crippen molar-refractivity contribution in [3.05, 3.63) is 47.2 Å². The lowest BCUT2D eigenvalue weighted by Crippen LogP contribution is -2.42. The van der Waals surface area contributed by atoms with Crippen LogP contribution in [0.25, 0.3) is 22.4 Å². The monoisotopic (exact) mass is 376 g/mol. The zero-order chi connectivity index (χ0) is 19.3. The molecule has 5 rings (SSSR count). The Bertz CT molecular complexity index is 1030. The van der Waals surface area contributed by atoms with Crippen LogP contribution >= 0.6 is 0 Å². The second kappa shape index (κ2) is 6.71. The molecule has 28 heavy (non-hydrogen) atoms. The van der Waals surface area contributed by atoms with Crippen LogP contribution in [0.15, 0.2) is 34.9 Å². The average Bonchev–Trinajstić information content (AvgIpc) is 3.19. The number of amides is 1. The van der Waals surface area contributed by atoms with Crippen LogP contribution in [0, 0.1) is 13.8 Å². The zero-order valence-electron chi connectivity index (χ0n) is 16.2. The van der Waals surface area contributed by atoms with Gasteiger partial charge in [0.05, 0.1) is 22.3 Å². The van der Waals surface area contributed by atoms with Crippen LogP contribution in [0.1, 0.15) is 40.9 Å². The van der Waals surface area contributed by atoms with Crippen molar-refractivity contribution in [2.45, 2.75) is 45.2 Å². The molecule has 0 radical (unpaired) electrons. The van der Waals surface area contributed by atoms with Crippen molar-refractivity contribution in [1.29, 1.82) is 0 Å². The van der Waals surface area contributed by atoms with Gasteiger partial charge in [0.2, 0.25) is 0 Å². The molecule has 2 bridgehead atoms. The van der Waals surface area contributed by atoms with Gasteiger partial charge in [0.25, 0.3) is 11.6 Å². The minimum Gasteiger partial charge on any atom is -0.335 e. The molecule has 4 heterocycles. The van der Waals surface area contributed by atoms with Crippen molar-refractivity contribution in [1.82, 2.24) is 20.4 Å². The lowest BCUT2D eigenvalue weighted by Gasteiger charge is -2.28. The van der Waals surface area contributed by atoms with Crippen LogP contribution in [0.3, 0.4) is 0 Å². The molecule has 6 heteroatoms. The summed E-state index contributed by atoms with van der Waals surface area (Å²) >= 11 is 0. The fourth-order valence-corrected chi connectivity index (χ4v) is 4.59. The van der Waals surface area contributed by atoms with Gasteiger partial charge in [-0.15, -0.1) is 0 Å². The maximum atomic E-state index is 13.7. The molecule has 1 N–H and O–H groups in total. The quantitative estimate of drug-likeness (QED) is 0.741. The van der Waals surface area contributed by atoms with E-state index in [1.807, 2.05) is 25.1 Å². The number of rotatable bonds is 2. The molecule has 2 saturated heterocycles. The van der Waals surface area contributed by atoms with Crippen LogP contribution < -0.4 is 5.32 Å². The maximum absolute atomic E-state index is 13.7. The highest BCUT2D eigenvalue weighted by Gasteiger charge is 2.39. The van der Waals surface area contributed by atoms with Crippen LogP contribution in [-0.2, 0) is 0 Å². The van der Waals surface area contributed by atoms with Crippen molar-refractivity contribution in [3.8, 4) is 11.3 Å². The zero-order valence-corrected chi connectivity index (χ0v) is 16.2. The lowest BCUT2D eigenvalue weighted by molar-refractivity contribution is 0.0682. The SMILES string of the molecule is Cc1ccc(-c2cc(C(=O)N3C4CCNCC3CC4)c3c(C)noc3n2)cc1. The van der Waals surface area contributed by atoms with Crippen LogP contribution in [0.4, 0.5) is 0 Å². The first-order valence-electron chi connectivity index (χ1n) is 9.99. The number of nitrogens with zero attached hydrogens (tertiary/aromatic N) is 3. The van der Waals surface area contributed by atoms with Gasteiger partial charge >= 0.3 is 0 Å². The number of fused-ring (bicyclic) bond motifs is 3. The number of aromatic nitrogens is 2. The standard InChI is InChI=1S/C22H24N4O2/c1-13-3-5-15(6-4-13)19-11-18(20-14(2)25-28-21(20)24-19)22(27)26-16-7-8-17(26)12-23-10-9-16/h3-6,11,16-17,23H,7-10,12H2,1-2H3. The third kappa shape index (κ3) is 2.79. The predicted molar refractivity (Wildman–Crippen MR) is 107 cm³/mol. The topological polar surface area (TPSA) is 71.3 Å². The summed E-state index contributed by atoms with van der Waals surface area (Å²) in [5, 5.41) is 8.28. The van der Waals surface area contributed by atoms with Crippen LogP contribution in [-0.4, -0.2) is 46.1 Å². The van der Waals surface area contributed by atoms with Crippen LogP contribution in [0.2, 0.25) is 0 Å². The molecular formula is C22H24N4O2. The fourth-order valence-electron chi connectivity index (χ4n) is 4.59. The van der Waals surface area contributed by atoms with E-state index in [1.54, 1.807) is 0 Å². The highest BCUT2D eigenvalue weighted by molar-refractivity contribution is 6.07. The molecule has 0 aliphatic carbocycles. The first-order valence-corrected chi connectivity index (χ1v) is 9.99. The summed E-state index contributed by atoms with van der Waals surface area (Å²) in [5.41, 5.74) is 4.69. The molecule has 2 fully saturated rings. The highest BCUT2D eigenvalue weighted by atomic mass is 16.5. The molecule has 6 nitrogen and oxygen atoms in total. The summed E-state index contributed by atoms with van der Waals surface area (Å²) in [5.74, 6) is 0.0725. The molecule has 2 aliphatic rings. The average molecular weight is 376 g/mol. The van der Waals surface area contributed by atoms with Crippen molar-refractivity contribution in [3.63, 3.8) is 0 Å². The van der Waals surface area contributed by atoms with E-state index >= 15 is 0 Å². The van der Waals surface area contributed by atoms with Gasteiger partial charge in [-0.25, -0.2) is 4.98 Å². The molecule has 1 amide bonds. The van der Waals surface area contributed by atoms with Gasteiger partial charge in [-0.3, -0.25) is 4.79 Å². The highest BCUT2D eigenvalue weighted by Crippen LogP contribution is 2.33. The number of nitrogens with one attached hydrogen (secondary N) is 1. The largest absolute Gasteiger partial charge is 0.335 e. The number of benzene rings is 1. The third-order valence-corrected chi connectivity index (χ3v) is 6.08. The van der Waals surface area contributed by atoms with E-state index in [1.165, 1.54) is 5.56 Å². The van der Waals surface area contributed by atoms with Gasteiger partial charge in [-0.2, -0.15) is 0 Å². The number of carbonyl (C=O) groups excluding carboxylic acids is 1. The minimum absolute atomic E-state index is 0.0725. The first-order chi connectivity index (χ1) is 13.6. The Labute approximate surface area is 163 Å². The van der Waals surface area contributed by atoms with Gasteiger partial charge in [-0.05, 0) is 45.7 Å². The Morgan fingerprint density at radius 2 is 1.93 bits per heavy atom. The third-order valence-electron chi connectivity index (χ3n) is 6.08. The molecule has 0 saturated carbocycles. The number of pyridine rings is 1. The Morgan fingerprint density at radius 3 is 2.75 bits per heavy atom. The van der Waals surface area contributed by atoms with Gasteiger partial charge in [-0.1, -0.05) is 35.0 Å². The Balaban J connectivity index is 1.64. The number of hydrogen-bond acceptors (Lipinski definition) is 5. The van der Waals surface area contributed by atoms with Crippen LogP contribution in [0.5, 0.6) is 0 Å². The summed E-state index contributed by atoms with van der Waals surface area (Å²) in [4.78, 5) is 20.5. The smallest absolute Gasteiger partial charge is 0.259 e. The van der Waals surface area contributed by atoms with E-state index in [4.69, 9.17) is 4.52 Å². The van der Waals surface area contributed by atoms with Gasteiger partial charge in [0.15, 0.2) is 0 Å². The van der Waals surface area contributed by atoms with E-state index in [9.17, 15) is 4.79 Å². The normalized spacial score (nSPS) is 21.9. The fraction of sp³-hybridized carbons (Fsp3) is 0.409. The van der Waals surface area contributed by atoms with Crippen molar-refractivity contribution >= 4 is 17.0 Å². The van der Waals surface area contributed by atoms with Gasteiger partial charge < -0.3 is 14.7 Å². The lowest BCUT2D eigenvalue weighted by atomic mass is 10.0. The minimum atomic E-state index is 0.0725. The summed E-state index contributed by atoms with van der Waals surface area (Å²) < 4.78 is 5.46. The molecule has 2 aliphatic heterocycles. The van der Waals surface area contributed by atoms with Gasteiger partial charge in [0, 0.05) is 24.2 Å². The Kier molecular flexibility index (Phi) is 4.16. The second-order valence-corrected chi connectivity index (χ2v) is 7.96. The molecule has 3 aromatic rings.